The molecule has 0 heterocycles. The molecule has 4 nitrogen and oxygen atoms in total. The van der Waals surface area contributed by atoms with Crippen molar-refractivity contribution in [1.29, 1.82) is 0 Å². The number of ether oxygens (including phenoxy) is 2. The second-order valence-electron chi connectivity index (χ2n) is 3.85. The van der Waals surface area contributed by atoms with Gasteiger partial charge < -0.3 is 9.47 Å². The quantitative estimate of drug-likeness (QED) is 0.495. The Morgan fingerprint density at radius 2 is 2.06 bits per heavy atom. The third-order valence-electron chi connectivity index (χ3n) is 2.09. The molecule has 16 heavy (non-hydrogen) atoms. The lowest BCUT2D eigenvalue weighted by atomic mass is 9.95. The summed E-state index contributed by atoms with van der Waals surface area (Å²) in [6.45, 7) is 8.73. The van der Waals surface area contributed by atoms with Crippen LogP contribution in [0.1, 0.15) is 40.0 Å². The highest BCUT2D eigenvalue weighted by Gasteiger charge is 2.30. The first-order valence-electron chi connectivity index (χ1n) is 5.39. The molecule has 0 spiro atoms. The van der Waals surface area contributed by atoms with E-state index in [2.05, 4.69) is 6.58 Å². The number of allylic oxidation sites excluding steroid dienone is 1. The Labute approximate surface area is 96.6 Å². The zero-order valence-electron chi connectivity index (χ0n) is 10.2. The topological polar surface area (TPSA) is 52.6 Å². The van der Waals surface area contributed by atoms with Gasteiger partial charge in [0.15, 0.2) is 0 Å². The Morgan fingerprint density at radius 3 is 2.50 bits per heavy atom. The molecule has 0 aliphatic carbocycles. The van der Waals surface area contributed by atoms with Crippen LogP contribution in [0.25, 0.3) is 0 Å². The Balaban J connectivity index is 4.44. The van der Waals surface area contributed by atoms with Crippen molar-refractivity contribution in [3.63, 3.8) is 0 Å². The number of hydrogen-bond acceptors (Lipinski definition) is 4. The summed E-state index contributed by atoms with van der Waals surface area (Å²) in [6, 6.07) is 0. The summed E-state index contributed by atoms with van der Waals surface area (Å²) in [5, 5.41) is 0. The lowest BCUT2D eigenvalue weighted by Gasteiger charge is -2.27. The van der Waals surface area contributed by atoms with E-state index in [1.807, 2.05) is 0 Å². The van der Waals surface area contributed by atoms with Gasteiger partial charge in [0.25, 0.3) is 0 Å². The standard InChI is InChI=1S/C12H20O4/c1-5-7-8-12(4,16-10(3)13)9-11(14)15-6-2/h5H,1,6-9H2,2-4H3. The van der Waals surface area contributed by atoms with E-state index in [4.69, 9.17) is 9.47 Å². The summed E-state index contributed by atoms with van der Waals surface area (Å²) in [4.78, 5) is 22.3. The molecule has 0 amide bonds. The Hall–Kier alpha value is -1.32. The Kier molecular flexibility index (Phi) is 6.46. The van der Waals surface area contributed by atoms with E-state index < -0.39 is 11.6 Å². The highest BCUT2D eigenvalue weighted by molar-refractivity contribution is 5.72. The van der Waals surface area contributed by atoms with E-state index >= 15 is 0 Å². The molecule has 0 aromatic heterocycles. The van der Waals surface area contributed by atoms with Crippen LogP contribution in [0, 0.1) is 0 Å². The first kappa shape index (κ1) is 14.7. The van der Waals surface area contributed by atoms with Gasteiger partial charge in [0.2, 0.25) is 0 Å². The molecule has 0 N–H and O–H groups in total. The molecule has 0 radical (unpaired) electrons. The highest BCUT2D eigenvalue weighted by atomic mass is 16.6. The van der Waals surface area contributed by atoms with E-state index in [0.717, 1.165) is 0 Å². The number of carbonyl (C=O) groups excluding carboxylic acids is 2. The number of rotatable bonds is 7. The van der Waals surface area contributed by atoms with Gasteiger partial charge in [-0.2, -0.15) is 0 Å². The van der Waals surface area contributed by atoms with Crippen molar-refractivity contribution in [1.82, 2.24) is 0 Å². The normalized spacial score (nSPS) is 13.7. The molecule has 4 heteroatoms. The maximum absolute atomic E-state index is 11.4. The van der Waals surface area contributed by atoms with Gasteiger partial charge >= 0.3 is 11.9 Å². The van der Waals surface area contributed by atoms with E-state index in [1.54, 1.807) is 19.9 Å². The zero-order chi connectivity index (χ0) is 12.6. The average molecular weight is 228 g/mol. The molecule has 0 aliphatic rings. The van der Waals surface area contributed by atoms with Gasteiger partial charge in [0.05, 0.1) is 13.0 Å². The molecule has 0 saturated heterocycles. The summed E-state index contributed by atoms with van der Waals surface area (Å²) in [5.41, 5.74) is -0.799. The van der Waals surface area contributed by atoms with Crippen LogP contribution in [0.4, 0.5) is 0 Å². The lowest BCUT2D eigenvalue weighted by molar-refractivity contribution is -0.163. The molecule has 1 atom stereocenters. The summed E-state index contributed by atoms with van der Waals surface area (Å²) >= 11 is 0. The van der Waals surface area contributed by atoms with Crippen LogP contribution in [0.15, 0.2) is 12.7 Å². The van der Waals surface area contributed by atoms with Gasteiger partial charge in [0, 0.05) is 6.92 Å². The molecule has 0 fully saturated rings. The minimum atomic E-state index is -0.799. The summed E-state index contributed by atoms with van der Waals surface area (Å²) in [5.74, 6) is -0.744. The van der Waals surface area contributed by atoms with Crippen LogP contribution in [0.3, 0.4) is 0 Å². The van der Waals surface area contributed by atoms with Crippen molar-refractivity contribution in [2.24, 2.45) is 0 Å². The van der Waals surface area contributed by atoms with Crippen LogP contribution in [0.5, 0.6) is 0 Å². The average Bonchev–Trinajstić information content (AvgIpc) is 2.13. The van der Waals surface area contributed by atoms with Crippen LogP contribution < -0.4 is 0 Å². The second-order valence-corrected chi connectivity index (χ2v) is 3.85. The van der Waals surface area contributed by atoms with E-state index in [0.29, 0.717) is 19.4 Å². The molecule has 0 aromatic rings. The number of esters is 2. The predicted octanol–water partition coefficient (Wildman–Crippen LogP) is 2.23. The van der Waals surface area contributed by atoms with Gasteiger partial charge in [-0.15, -0.1) is 6.58 Å². The van der Waals surface area contributed by atoms with Crippen molar-refractivity contribution in [3.05, 3.63) is 12.7 Å². The van der Waals surface area contributed by atoms with Crippen molar-refractivity contribution in [2.75, 3.05) is 6.61 Å². The maximum atomic E-state index is 11.4. The highest BCUT2D eigenvalue weighted by Crippen LogP contribution is 2.23. The van der Waals surface area contributed by atoms with E-state index in [1.165, 1.54) is 6.92 Å². The van der Waals surface area contributed by atoms with Crippen LogP contribution in [-0.2, 0) is 19.1 Å². The fourth-order valence-corrected chi connectivity index (χ4v) is 1.45. The zero-order valence-corrected chi connectivity index (χ0v) is 10.2. The molecule has 0 bridgehead atoms. The van der Waals surface area contributed by atoms with Gasteiger partial charge in [-0.25, -0.2) is 0 Å². The number of carbonyl (C=O) groups is 2. The summed E-state index contributed by atoms with van der Waals surface area (Å²) in [7, 11) is 0. The molecule has 0 aliphatic heterocycles. The molecule has 1 unspecified atom stereocenters. The van der Waals surface area contributed by atoms with Crippen molar-refractivity contribution < 1.29 is 19.1 Å². The third-order valence-corrected chi connectivity index (χ3v) is 2.09. The molecule has 0 rings (SSSR count). The third kappa shape index (κ3) is 6.22. The van der Waals surface area contributed by atoms with Crippen molar-refractivity contribution >= 4 is 11.9 Å². The van der Waals surface area contributed by atoms with E-state index in [9.17, 15) is 9.59 Å². The number of hydrogen-bond donors (Lipinski definition) is 0. The van der Waals surface area contributed by atoms with Crippen molar-refractivity contribution in [3.8, 4) is 0 Å². The lowest BCUT2D eigenvalue weighted by Crippen LogP contribution is -2.34. The van der Waals surface area contributed by atoms with E-state index in [-0.39, 0.29) is 12.4 Å². The minimum Gasteiger partial charge on any atom is -0.466 e. The Bertz CT molecular complexity index is 260. The smallest absolute Gasteiger partial charge is 0.309 e. The van der Waals surface area contributed by atoms with Gasteiger partial charge in [-0.3, -0.25) is 9.59 Å². The SMILES string of the molecule is C=CCCC(C)(CC(=O)OCC)OC(C)=O. The van der Waals surface area contributed by atoms with Gasteiger partial charge in [0.1, 0.15) is 5.60 Å². The largest absolute Gasteiger partial charge is 0.466 e. The van der Waals surface area contributed by atoms with Gasteiger partial charge in [-0.1, -0.05) is 6.08 Å². The summed E-state index contributed by atoms with van der Waals surface area (Å²) in [6.07, 6.45) is 3.05. The van der Waals surface area contributed by atoms with Crippen LogP contribution >= 0.6 is 0 Å². The maximum Gasteiger partial charge on any atom is 0.309 e. The fourth-order valence-electron chi connectivity index (χ4n) is 1.45. The fraction of sp³-hybridized carbons (Fsp3) is 0.667. The first-order chi connectivity index (χ1) is 7.43. The monoisotopic (exact) mass is 228 g/mol. The summed E-state index contributed by atoms with van der Waals surface area (Å²) < 4.78 is 10.0. The first-order valence-corrected chi connectivity index (χ1v) is 5.39. The van der Waals surface area contributed by atoms with Crippen LogP contribution in [0.2, 0.25) is 0 Å². The molecular formula is C12H20O4. The van der Waals surface area contributed by atoms with Gasteiger partial charge in [-0.05, 0) is 26.7 Å². The molecular weight excluding hydrogens is 208 g/mol. The molecule has 0 saturated carbocycles. The van der Waals surface area contributed by atoms with Crippen molar-refractivity contribution in [2.45, 2.75) is 45.6 Å². The second kappa shape index (κ2) is 7.04. The molecule has 92 valence electrons. The Morgan fingerprint density at radius 1 is 1.44 bits per heavy atom. The van der Waals surface area contributed by atoms with Crippen LogP contribution in [-0.4, -0.2) is 24.1 Å². The predicted molar refractivity (Wildman–Crippen MR) is 60.9 cm³/mol. The minimum absolute atomic E-state index is 0.0776. The molecule has 0 aromatic carbocycles.